The highest BCUT2D eigenvalue weighted by molar-refractivity contribution is 6.40. The van der Waals surface area contributed by atoms with Crippen LogP contribution in [0, 0.1) is 0 Å². The summed E-state index contributed by atoms with van der Waals surface area (Å²) >= 11 is 0. The maximum Gasteiger partial charge on any atom is 0.224 e. The van der Waals surface area contributed by atoms with Gasteiger partial charge >= 0.3 is 0 Å². The Morgan fingerprint density at radius 1 is 0.589 bits per heavy atom. The van der Waals surface area contributed by atoms with Crippen LogP contribution in [0.4, 0.5) is 17.1 Å². The summed E-state index contributed by atoms with van der Waals surface area (Å²) in [7, 11) is 0. The molecule has 1 aliphatic carbocycles. The van der Waals surface area contributed by atoms with Crippen molar-refractivity contribution in [1.82, 2.24) is 4.98 Å². The summed E-state index contributed by atoms with van der Waals surface area (Å²) in [5.41, 5.74) is 5.68. The molecule has 2 aliphatic rings. The van der Waals surface area contributed by atoms with Gasteiger partial charge in [0.05, 0.1) is 40.6 Å². The summed E-state index contributed by atoms with van der Waals surface area (Å²) < 4.78 is 2.30. The first-order chi connectivity index (χ1) is 27.6. The number of pyridine rings is 1. The van der Waals surface area contributed by atoms with Crippen molar-refractivity contribution < 1.29 is 14.5 Å². The fraction of sp³-hybridized carbons (Fsp3) is 0.480. The summed E-state index contributed by atoms with van der Waals surface area (Å²) in [6.45, 7) is 6.34. The molecule has 0 saturated carbocycles. The zero-order valence-electron chi connectivity index (χ0n) is 34.4. The van der Waals surface area contributed by atoms with E-state index in [1.807, 2.05) is 48.8 Å². The molecule has 6 heteroatoms. The van der Waals surface area contributed by atoms with E-state index in [4.69, 9.17) is 9.98 Å². The van der Waals surface area contributed by atoms with Gasteiger partial charge in [-0.2, -0.15) is 4.58 Å². The average Bonchev–Trinajstić information content (AvgIpc) is 3.23. The number of rotatable bonds is 26. The Bertz CT molecular complexity index is 1770. The van der Waals surface area contributed by atoms with E-state index in [1.54, 1.807) is 0 Å². The van der Waals surface area contributed by atoms with Gasteiger partial charge in [0.15, 0.2) is 0 Å². The lowest BCUT2D eigenvalue weighted by Crippen LogP contribution is -2.25. The molecule has 2 heterocycles. The van der Waals surface area contributed by atoms with Gasteiger partial charge in [-0.3, -0.25) is 9.78 Å². The van der Waals surface area contributed by atoms with Crippen LogP contribution in [0.2, 0.25) is 0 Å². The van der Waals surface area contributed by atoms with Crippen molar-refractivity contribution in [1.29, 1.82) is 0 Å². The minimum atomic E-state index is -0.224. The van der Waals surface area contributed by atoms with Crippen molar-refractivity contribution in [2.45, 2.75) is 142 Å². The molecule has 1 aliphatic heterocycles. The van der Waals surface area contributed by atoms with Crippen LogP contribution in [0.15, 0.2) is 113 Å². The molecule has 1 aromatic heterocycles. The van der Waals surface area contributed by atoms with E-state index in [0.29, 0.717) is 11.4 Å². The number of aliphatic imine (C=N–C) groups is 1. The molecule has 0 radical (unpaired) electrons. The van der Waals surface area contributed by atoms with E-state index in [9.17, 15) is 9.90 Å². The number of Topliss-reactive ketones (excluding diaryl/α,β-unsaturated/α-hetero) is 1. The van der Waals surface area contributed by atoms with E-state index >= 15 is 0 Å². The zero-order chi connectivity index (χ0) is 39.2. The molecule has 2 aromatic carbocycles. The maximum absolute atomic E-state index is 13.5. The standard InChI is InChI=1S/C50H66N4O2/c1-3-5-7-9-11-13-15-17-19-27-37-53(41-29-23-21-24-30-41)43-33-35-45(51-39-43)47-49(55)48(50(47)56)46-36-34-44(40-52-46)54(42-31-25-22-26-32-42)38-28-20-18-16-14-12-10-8-6-4-2/h21-26,29-36,39-40H,3-20,27-28,37-38H2,1-2H3/p+1. The van der Waals surface area contributed by atoms with Crippen LogP contribution in [0.5, 0.6) is 0 Å². The first-order valence-electron chi connectivity index (χ1n) is 22.1. The van der Waals surface area contributed by atoms with Gasteiger partial charge in [-0.1, -0.05) is 159 Å². The molecule has 1 N–H and O–H groups in total. The first-order valence-corrected chi connectivity index (χ1v) is 22.1. The third kappa shape index (κ3) is 12.7. The number of hydrogen-bond acceptors (Lipinski definition) is 5. The fourth-order valence-corrected chi connectivity index (χ4v) is 7.81. The van der Waals surface area contributed by atoms with Crippen molar-refractivity contribution in [3.8, 4) is 0 Å². The zero-order valence-corrected chi connectivity index (χ0v) is 34.4. The van der Waals surface area contributed by atoms with Gasteiger partial charge in [-0.25, -0.2) is 4.99 Å². The number of aliphatic hydroxyl groups is 1. The number of aromatic nitrogens is 1. The Kier molecular flexibility index (Phi) is 18.3. The third-order valence-corrected chi connectivity index (χ3v) is 11.2. The molecular weight excluding hydrogens is 689 g/mol. The molecule has 0 amide bonds. The molecular formula is C50H67N4O2+. The molecule has 3 aromatic rings. The topological polar surface area (TPSA) is 68.8 Å². The third-order valence-electron chi connectivity index (χ3n) is 11.2. The van der Waals surface area contributed by atoms with Crippen molar-refractivity contribution in [3.05, 3.63) is 114 Å². The summed E-state index contributed by atoms with van der Waals surface area (Å²) in [5, 5.41) is 11.2. The molecule has 0 atom stereocenters. The number of ketones is 1. The number of unbranched alkanes of at least 4 members (excludes halogenated alkanes) is 18. The number of dihydropyridines is 1. The lowest BCUT2D eigenvalue weighted by atomic mass is 9.84. The monoisotopic (exact) mass is 756 g/mol. The summed E-state index contributed by atoms with van der Waals surface area (Å²) in [4.78, 5) is 25.2. The quantitative estimate of drug-likeness (QED) is 0.0503. The van der Waals surface area contributed by atoms with Gasteiger partial charge in [0.2, 0.25) is 17.2 Å². The van der Waals surface area contributed by atoms with Gasteiger partial charge in [-0.05, 0) is 43.2 Å². The van der Waals surface area contributed by atoms with Crippen LogP contribution in [0.1, 0.15) is 148 Å². The second-order valence-electron chi connectivity index (χ2n) is 15.6. The number of carbonyl (C=O) groups excluding carboxylic acids is 1. The van der Waals surface area contributed by atoms with Crippen LogP contribution in [-0.4, -0.2) is 45.5 Å². The number of allylic oxidation sites excluding steroid dienone is 4. The minimum absolute atomic E-state index is 0.0361. The van der Waals surface area contributed by atoms with Crippen molar-refractivity contribution in [2.24, 2.45) is 4.99 Å². The normalized spacial score (nSPS) is 16.1. The van der Waals surface area contributed by atoms with E-state index in [2.05, 4.69) is 71.9 Å². The van der Waals surface area contributed by atoms with Gasteiger partial charge in [0.1, 0.15) is 12.3 Å². The maximum atomic E-state index is 13.5. The highest BCUT2D eigenvalue weighted by Gasteiger charge is 2.38. The number of anilines is 2. The Morgan fingerprint density at radius 3 is 1.66 bits per heavy atom. The predicted molar refractivity (Wildman–Crippen MR) is 237 cm³/mol. The Hall–Kier alpha value is -4.58. The Balaban J connectivity index is 1.19. The molecule has 56 heavy (non-hydrogen) atoms. The molecule has 0 fully saturated rings. The van der Waals surface area contributed by atoms with Crippen LogP contribution >= 0.6 is 0 Å². The summed E-state index contributed by atoms with van der Waals surface area (Å²) in [6.07, 6.45) is 33.5. The highest BCUT2D eigenvalue weighted by atomic mass is 16.3. The smallest absolute Gasteiger partial charge is 0.224 e. The minimum Gasteiger partial charge on any atom is -0.506 e. The second kappa shape index (κ2) is 24.1. The molecule has 0 saturated heterocycles. The predicted octanol–water partition coefficient (Wildman–Crippen LogP) is 13.6. The van der Waals surface area contributed by atoms with Gasteiger partial charge in [0, 0.05) is 36.9 Å². The molecule has 0 spiro atoms. The second-order valence-corrected chi connectivity index (χ2v) is 15.6. The summed E-state index contributed by atoms with van der Waals surface area (Å²) in [5.74, 6) is -0.260. The highest BCUT2D eigenvalue weighted by Crippen LogP contribution is 2.39. The van der Waals surface area contributed by atoms with Crippen molar-refractivity contribution in [3.63, 3.8) is 0 Å². The van der Waals surface area contributed by atoms with E-state index in [0.717, 1.165) is 48.7 Å². The van der Waals surface area contributed by atoms with Gasteiger partial charge in [-0.15, -0.1) is 0 Å². The van der Waals surface area contributed by atoms with Gasteiger partial charge < -0.3 is 10.0 Å². The fourth-order valence-electron chi connectivity index (χ4n) is 7.81. The molecule has 6 nitrogen and oxygen atoms in total. The SMILES string of the molecule is CCCCCCCCCCCCN(c1ccccc1)c1ccc(C2=C(O)/C(=C3C=C/C(=[N+](/CCCCCCCCCCCC)c4ccccc4)C=N\3)C2=O)nc1. The number of carbonyl (C=O) groups is 1. The van der Waals surface area contributed by atoms with E-state index < -0.39 is 0 Å². The lowest BCUT2D eigenvalue weighted by Gasteiger charge is -2.26. The molecule has 5 rings (SSSR count). The lowest BCUT2D eigenvalue weighted by molar-refractivity contribution is -0.438. The number of benzene rings is 2. The molecule has 0 bridgehead atoms. The molecule has 0 unspecified atom stereocenters. The van der Waals surface area contributed by atoms with Gasteiger partial charge in [0.25, 0.3) is 0 Å². The van der Waals surface area contributed by atoms with E-state index in [1.165, 1.54) is 116 Å². The van der Waals surface area contributed by atoms with Crippen LogP contribution < -0.4 is 4.90 Å². The average molecular weight is 756 g/mol. The summed E-state index contributed by atoms with van der Waals surface area (Å²) in [6, 6.07) is 24.7. The Labute approximate surface area is 337 Å². The van der Waals surface area contributed by atoms with Crippen LogP contribution in [-0.2, 0) is 4.79 Å². The number of para-hydroxylation sites is 2. The number of aliphatic hydroxyl groups excluding tert-OH is 1. The Morgan fingerprint density at radius 2 is 1.14 bits per heavy atom. The molecule has 298 valence electrons. The van der Waals surface area contributed by atoms with Crippen molar-refractivity contribution >= 4 is 40.3 Å². The van der Waals surface area contributed by atoms with Crippen LogP contribution in [0.25, 0.3) is 5.57 Å². The largest absolute Gasteiger partial charge is 0.506 e. The van der Waals surface area contributed by atoms with Crippen molar-refractivity contribution in [2.75, 3.05) is 18.0 Å². The van der Waals surface area contributed by atoms with Crippen LogP contribution in [0.3, 0.4) is 0 Å². The number of nitrogens with zero attached hydrogens (tertiary/aromatic N) is 4. The number of hydrogen-bond donors (Lipinski definition) is 1. The first kappa shape index (κ1) is 42.6. The van der Waals surface area contributed by atoms with E-state index in [-0.39, 0.29) is 22.7 Å².